The lowest BCUT2D eigenvalue weighted by molar-refractivity contribution is -0.348. The van der Waals surface area contributed by atoms with Gasteiger partial charge in [0.25, 0.3) is 0 Å². The Labute approximate surface area is 297 Å². The molecular weight excluding hydrogens is 712 g/mol. The predicted molar refractivity (Wildman–Crippen MR) is 175 cm³/mol. The summed E-state index contributed by atoms with van der Waals surface area (Å²) in [7, 11) is 0. The molecule has 2 aromatic heterocycles. The van der Waals surface area contributed by atoms with E-state index in [1.807, 2.05) is 0 Å². The van der Waals surface area contributed by atoms with Crippen LogP contribution in [0.4, 0.5) is 0 Å². The topological polar surface area (TPSA) is 298 Å². The number of hydrogen-bond acceptors (Lipinski definition) is 19. The summed E-state index contributed by atoms with van der Waals surface area (Å²) in [5.74, 6) is -1.40. The van der Waals surface area contributed by atoms with Crippen LogP contribution in [0.25, 0.3) is 32.7 Å². The van der Waals surface area contributed by atoms with Crippen molar-refractivity contribution < 1.29 is 83.2 Å². The molecule has 3 aliphatic heterocycles. The van der Waals surface area contributed by atoms with E-state index in [1.54, 1.807) is 13.8 Å². The highest BCUT2D eigenvalue weighted by atomic mass is 16.7. The molecule has 3 saturated heterocycles. The summed E-state index contributed by atoms with van der Waals surface area (Å²) < 4.78 is 45.1. The summed E-state index contributed by atoms with van der Waals surface area (Å²) in [5.41, 5.74) is -2.67. The van der Waals surface area contributed by atoms with Gasteiger partial charge in [-0.2, -0.15) is 0 Å². The Morgan fingerprint density at radius 3 is 1.89 bits per heavy atom. The molecule has 15 atom stereocenters. The van der Waals surface area contributed by atoms with Crippen LogP contribution in [0.2, 0.25) is 0 Å². The van der Waals surface area contributed by atoms with E-state index >= 15 is 0 Å². The van der Waals surface area contributed by atoms with Gasteiger partial charge in [-0.25, -0.2) is 9.59 Å². The molecule has 3 fully saturated rings. The van der Waals surface area contributed by atoms with Gasteiger partial charge >= 0.3 is 11.3 Å². The van der Waals surface area contributed by atoms with Crippen LogP contribution >= 0.6 is 0 Å². The van der Waals surface area contributed by atoms with Crippen LogP contribution in [0, 0.1) is 0 Å². The van der Waals surface area contributed by atoms with E-state index in [9.17, 15) is 55.5 Å². The van der Waals surface area contributed by atoms with E-state index < -0.39 is 120 Å². The molecule has 0 amide bonds. The lowest BCUT2D eigenvalue weighted by atomic mass is 9.96. The maximum absolute atomic E-state index is 13.4. The van der Waals surface area contributed by atoms with Crippen molar-refractivity contribution in [1.82, 2.24) is 0 Å². The number of benzene rings is 2. The molecule has 0 unspecified atom stereocenters. The van der Waals surface area contributed by atoms with Crippen LogP contribution < -0.4 is 20.7 Å². The Bertz CT molecular complexity index is 2060. The summed E-state index contributed by atoms with van der Waals surface area (Å²) in [6.45, 7) is 4.76. The predicted octanol–water partition coefficient (Wildman–Crippen LogP) is -1.76. The first-order valence-corrected chi connectivity index (χ1v) is 17.1. The average Bonchev–Trinajstić information content (AvgIpc) is 3.13. The van der Waals surface area contributed by atoms with Crippen molar-refractivity contribution in [3.05, 3.63) is 39.0 Å². The molecule has 19 heteroatoms. The van der Waals surface area contributed by atoms with Gasteiger partial charge < -0.3 is 83.2 Å². The Balaban J connectivity index is 1.22. The van der Waals surface area contributed by atoms with E-state index in [1.165, 1.54) is 19.1 Å². The molecule has 2 aromatic carbocycles. The molecule has 9 N–H and O–H groups in total. The SMILES string of the molecule is CC[C@@H]1O[C@H](Oc2cc3oc(=O)c4cc(O[C@@H]5O[C@H](CC)[C@@H](O)[C@H](O[C@@H]6O[C@@H](C)[C@H](O)[C@@H](O)[C@H]6O)[C@H]5O)c(O)c5oc(=O)c(c2)c3c54)[C@@H](O)[C@H](O)[C@H]1O. The maximum Gasteiger partial charge on any atom is 0.344 e. The molecule has 3 aliphatic rings. The number of rotatable bonds is 8. The molecule has 0 bridgehead atoms. The van der Waals surface area contributed by atoms with E-state index in [4.69, 9.17) is 37.3 Å². The average molecular weight is 753 g/mol. The Morgan fingerprint density at radius 1 is 0.623 bits per heavy atom. The van der Waals surface area contributed by atoms with Crippen molar-refractivity contribution in [3.63, 3.8) is 0 Å². The highest BCUT2D eigenvalue weighted by molar-refractivity contribution is 6.21. The number of aromatic hydroxyl groups is 1. The second-order valence-electron chi connectivity index (χ2n) is 13.5. The van der Waals surface area contributed by atoms with Crippen molar-refractivity contribution in [2.24, 2.45) is 0 Å². The first kappa shape index (κ1) is 37.6. The van der Waals surface area contributed by atoms with Crippen molar-refractivity contribution in [2.45, 2.75) is 126 Å². The molecule has 7 rings (SSSR count). The summed E-state index contributed by atoms with van der Waals surface area (Å²) in [4.78, 5) is 26.8. The number of phenols is 1. The molecule has 5 heterocycles. The normalized spacial score (nSPS) is 38.1. The van der Waals surface area contributed by atoms with E-state index in [2.05, 4.69) is 0 Å². The minimum absolute atomic E-state index is 0.0349. The van der Waals surface area contributed by atoms with Gasteiger partial charge in [0.2, 0.25) is 18.3 Å². The van der Waals surface area contributed by atoms with Crippen LogP contribution in [-0.2, 0) is 18.9 Å². The van der Waals surface area contributed by atoms with Gasteiger partial charge in [0.05, 0.1) is 29.1 Å². The van der Waals surface area contributed by atoms with Gasteiger partial charge in [0.15, 0.2) is 17.6 Å². The Morgan fingerprint density at radius 2 is 1.21 bits per heavy atom. The molecule has 0 spiro atoms. The fourth-order valence-corrected chi connectivity index (χ4v) is 7.07. The number of aliphatic hydroxyl groups is 8. The molecule has 4 aromatic rings. The maximum atomic E-state index is 13.4. The van der Waals surface area contributed by atoms with Crippen LogP contribution in [0.1, 0.15) is 33.6 Å². The van der Waals surface area contributed by atoms with Crippen LogP contribution in [0.5, 0.6) is 17.2 Å². The fourth-order valence-electron chi connectivity index (χ4n) is 7.07. The minimum atomic E-state index is -1.85. The quantitative estimate of drug-likeness (QED) is 0.0711. The number of phenolic OH excluding ortho intramolecular Hbond substituents is 1. The fraction of sp³-hybridized carbons (Fsp3) is 0.588. The van der Waals surface area contributed by atoms with Crippen LogP contribution in [-0.4, -0.2) is 138 Å². The molecule has 53 heavy (non-hydrogen) atoms. The summed E-state index contributed by atoms with van der Waals surface area (Å²) in [6, 6.07) is 3.52. The highest BCUT2D eigenvalue weighted by Crippen LogP contribution is 2.43. The molecule has 0 aliphatic carbocycles. The Kier molecular flexibility index (Phi) is 10.1. The number of ether oxygens (including phenoxy) is 6. The van der Waals surface area contributed by atoms with Gasteiger partial charge in [-0.05, 0) is 31.9 Å². The number of aliphatic hydroxyl groups excluding tert-OH is 8. The monoisotopic (exact) mass is 752 g/mol. The van der Waals surface area contributed by atoms with Crippen molar-refractivity contribution in [2.75, 3.05) is 0 Å². The first-order chi connectivity index (χ1) is 25.1. The zero-order valence-corrected chi connectivity index (χ0v) is 28.4. The molecule has 290 valence electrons. The molecular formula is C34H40O19. The summed E-state index contributed by atoms with van der Waals surface area (Å²) in [6.07, 6.45) is -21.7. The lowest BCUT2D eigenvalue weighted by Crippen LogP contribution is -2.64. The summed E-state index contributed by atoms with van der Waals surface area (Å²) in [5, 5.41) is 94.9. The summed E-state index contributed by atoms with van der Waals surface area (Å²) >= 11 is 0. The number of hydrogen-bond donors (Lipinski definition) is 9. The third kappa shape index (κ3) is 6.29. The third-order valence-corrected chi connectivity index (χ3v) is 10.1. The largest absolute Gasteiger partial charge is 0.502 e. The van der Waals surface area contributed by atoms with Crippen molar-refractivity contribution >= 4 is 32.7 Å². The van der Waals surface area contributed by atoms with E-state index in [-0.39, 0.29) is 45.7 Å². The minimum Gasteiger partial charge on any atom is -0.502 e. The standard InChI is InChI=1S/C34H40O19/c1-4-13-20(36)24(40)26(42)33(49-13)47-10-6-11-17-15(7-10)48-30(44)12-8-16(22(38)28(18(12)17)52-31(11)45)51-34-27(43)29(21(37)14(5-2)50-34)53-32-25(41)23(39)19(35)9(3)46-32/h6-9,13-14,19-21,23-27,29,32-43H,4-5H2,1-3H3/t9-,13-,14+,19-,20-,21+,23+,24+,25+,26-,27+,29-,32-,33-,34-/m0/s1. The third-order valence-electron chi connectivity index (χ3n) is 10.1. The molecule has 0 saturated carbocycles. The lowest BCUT2D eigenvalue weighted by Gasteiger charge is -2.45. The highest BCUT2D eigenvalue weighted by Gasteiger charge is 2.51. The first-order valence-electron chi connectivity index (χ1n) is 17.1. The van der Waals surface area contributed by atoms with Crippen molar-refractivity contribution in [1.29, 1.82) is 0 Å². The van der Waals surface area contributed by atoms with Gasteiger partial charge in [-0.1, -0.05) is 13.8 Å². The van der Waals surface area contributed by atoms with E-state index in [0.717, 1.165) is 6.07 Å². The van der Waals surface area contributed by atoms with Crippen LogP contribution in [0.15, 0.2) is 36.6 Å². The smallest absolute Gasteiger partial charge is 0.344 e. The van der Waals surface area contributed by atoms with E-state index in [0.29, 0.717) is 0 Å². The van der Waals surface area contributed by atoms with Gasteiger partial charge in [-0.3, -0.25) is 0 Å². The molecule has 0 radical (unpaired) electrons. The second kappa shape index (κ2) is 14.2. The zero-order chi connectivity index (χ0) is 38.2. The van der Waals surface area contributed by atoms with Gasteiger partial charge in [-0.15, -0.1) is 0 Å². The van der Waals surface area contributed by atoms with Crippen LogP contribution in [0.3, 0.4) is 0 Å². The van der Waals surface area contributed by atoms with Gasteiger partial charge in [0, 0.05) is 16.8 Å². The van der Waals surface area contributed by atoms with Gasteiger partial charge in [0.1, 0.15) is 66.3 Å². The zero-order valence-electron chi connectivity index (χ0n) is 28.4. The molecule has 19 nitrogen and oxygen atoms in total. The second-order valence-corrected chi connectivity index (χ2v) is 13.5. The van der Waals surface area contributed by atoms with Crippen molar-refractivity contribution in [3.8, 4) is 17.2 Å². The Hall–Kier alpha value is -3.70.